The number of hydrogen-bond donors (Lipinski definition) is 6. The quantitative estimate of drug-likeness (QED) is 0.124. The van der Waals surface area contributed by atoms with E-state index in [0.717, 1.165) is 0 Å². The van der Waals surface area contributed by atoms with E-state index in [4.69, 9.17) is 30.1 Å². The molecule has 6 N–H and O–H groups in total. The van der Waals surface area contributed by atoms with Gasteiger partial charge in [0.1, 0.15) is 0 Å². The summed E-state index contributed by atoms with van der Waals surface area (Å²) in [6.07, 6.45) is 3.94. The minimum atomic E-state index is -2.17. The second kappa shape index (κ2) is 18.6. The van der Waals surface area contributed by atoms with Crippen LogP contribution in [0.25, 0.3) is 32.3 Å². The van der Waals surface area contributed by atoms with Crippen LogP contribution in [-0.4, -0.2) is 50.9 Å². The summed E-state index contributed by atoms with van der Waals surface area (Å²) >= 11 is 0. The summed E-state index contributed by atoms with van der Waals surface area (Å²) in [7, 11) is -2.38. The predicted molar refractivity (Wildman–Crippen MR) is 192 cm³/mol. The molecule has 0 aliphatic carbocycles. The van der Waals surface area contributed by atoms with E-state index in [2.05, 4.69) is 144 Å². The first-order chi connectivity index (χ1) is 21.3. The van der Waals surface area contributed by atoms with Gasteiger partial charge in [0, 0.05) is 0 Å². The molecule has 6 aromatic rings. The largest absolute Gasteiger partial charge is 0.631 e. The van der Waals surface area contributed by atoms with Gasteiger partial charge in [-0.2, -0.15) is 0 Å². The van der Waals surface area contributed by atoms with Crippen molar-refractivity contribution in [1.82, 2.24) is 0 Å². The number of rotatable bonds is 5. The van der Waals surface area contributed by atoms with E-state index in [1.165, 1.54) is 67.2 Å². The Balaban J connectivity index is 0.000000348. The second-order valence-electron chi connectivity index (χ2n) is 9.67. The molecule has 6 nitrogen and oxygen atoms in total. The van der Waals surface area contributed by atoms with E-state index >= 15 is 0 Å². The summed E-state index contributed by atoms with van der Waals surface area (Å²) in [6.45, 7) is 2.20. The van der Waals surface area contributed by atoms with Crippen LogP contribution in [0.2, 0.25) is 0 Å². The fourth-order valence-electron chi connectivity index (χ4n) is 4.80. The predicted octanol–water partition coefficient (Wildman–Crippen LogP) is 4.46. The molecule has 0 radical (unpaired) electrons. The molecule has 6 rings (SSSR count). The van der Waals surface area contributed by atoms with Gasteiger partial charge in [-0.15, -0.1) is 9.24 Å². The van der Waals surface area contributed by atoms with Crippen molar-refractivity contribution in [2.24, 2.45) is 0 Å². The van der Waals surface area contributed by atoms with Gasteiger partial charge in [0.25, 0.3) is 0 Å². The number of unbranched alkanes of at least 4 members (excludes halogenated alkanes) is 1. The summed E-state index contributed by atoms with van der Waals surface area (Å²) in [5.74, 6) is 0. The maximum Gasteiger partial charge on any atom is 0.631 e. The third-order valence-electron chi connectivity index (χ3n) is 6.58. The fraction of sp³-hybridized carbons (Fsp3) is 0.118. The minimum Gasteiger partial charge on any atom is -0.402 e. The molecular weight excluding hydrogens is 588 g/mol. The lowest BCUT2D eigenvalue weighted by atomic mass is 10.1. The van der Waals surface area contributed by atoms with E-state index in [1.54, 1.807) is 0 Å². The van der Waals surface area contributed by atoms with Crippen molar-refractivity contribution >= 4 is 80.0 Å². The zero-order chi connectivity index (χ0) is 31.9. The van der Waals surface area contributed by atoms with Crippen molar-refractivity contribution in [2.45, 2.75) is 19.8 Å². The van der Waals surface area contributed by atoms with Gasteiger partial charge in [-0.1, -0.05) is 147 Å². The lowest BCUT2D eigenvalue weighted by Crippen LogP contribution is -2.22. The topological polar surface area (TPSA) is 121 Å². The van der Waals surface area contributed by atoms with Crippen molar-refractivity contribution in [3.63, 3.8) is 0 Å². The third-order valence-corrected chi connectivity index (χ3v) is 9.60. The van der Waals surface area contributed by atoms with Crippen molar-refractivity contribution in [3.8, 4) is 0 Å². The number of hydrogen-bond acceptors (Lipinski definition) is 6. The highest BCUT2D eigenvalue weighted by atomic mass is 31.1. The molecule has 0 bridgehead atoms. The van der Waals surface area contributed by atoms with Gasteiger partial charge in [-0.05, 0) is 62.3 Å². The van der Waals surface area contributed by atoms with Crippen LogP contribution in [0.3, 0.4) is 0 Å². The van der Waals surface area contributed by atoms with Crippen molar-refractivity contribution in [1.29, 1.82) is 0 Å². The second-order valence-corrected chi connectivity index (χ2v) is 12.4. The molecule has 0 aliphatic heterocycles. The monoisotopic (exact) mass is 626 g/mol. The molecule has 0 aliphatic rings. The van der Waals surface area contributed by atoms with Crippen LogP contribution in [-0.2, 0) is 0 Å². The molecule has 6 aromatic carbocycles. The van der Waals surface area contributed by atoms with Crippen LogP contribution >= 0.6 is 17.2 Å². The first-order valence-electron chi connectivity index (χ1n) is 14.3. The molecule has 0 saturated carbocycles. The molecule has 1 unspecified atom stereocenters. The van der Waals surface area contributed by atoms with Gasteiger partial charge in [0.2, 0.25) is 0 Å². The highest BCUT2D eigenvalue weighted by Crippen LogP contribution is 2.40. The Hall–Kier alpha value is -3.15. The van der Waals surface area contributed by atoms with Gasteiger partial charge in [-0.3, -0.25) is 0 Å². The zero-order valence-corrected chi connectivity index (χ0v) is 26.7. The van der Waals surface area contributed by atoms with Gasteiger partial charge < -0.3 is 30.1 Å². The van der Waals surface area contributed by atoms with Gasteiger partial charge in [-0.25, -0.2) is 0 Å². The van der Waals surface area contributed by atoms with E-state index in [9.17, 15) is 0 Å². The SMILES string of the molecule is CCCCP.OB(O)O.OB(O)O.c1ccc2c(P(c3cccc4ccccc34)c3cccc4ccccc34)cccc2c1. The van der Waals surface area contributed by atoms with E-state index < -0.39 is 22.6 Å². The molecule has 0 saturated heterocycles. The van der Waals surface area contributed by atoms with Crippen molar-refractivity contribution in [2.75, 3.05) is 6.16 Å². The third kappa shape index (κ3) is 10.2. The molecule has 0 spiro atoms. The van der Waals surface area contributed by atoms with E-state index in [0.29, 0.717) is 0 Å². The Morgan fingerprint density at radius 2 is 0.750 bits per heavy atom. The molecule has 226 valence electrons. The normalized spacial score (nSPS) is 10.3. The van der Waals surface area contributed by atoms with E-state index in [-0.39, 0.29) is 0 Å². The number of fused-ring (bicyclic) bond motifs is 3. The fourth-order valence-corrected chi connectivity index (χ4v) is 8.03. The lowest BCUT2D eigenvalue weighted by Gasteiger charge is -2.24. The van der Waals surface area contributed by atoms with Gasteiger partial charge in [0.15, 0.2) is 0 Å². The van der Waals surface area contributed by atoms with Crippen LogP contribution in [0.5, 0.6) is 0 Å². The summed E-state index contributed by atoms with van der Waals surface area (Å²) in [6, 6.07) is 46.6. The molecule has 44 heavy (non-hydrogen) atoms. The molecule has 1 atom stereocenters. The standard InChI is InChI=1S/C30H21P.C4H11P.2BH3O3/c1-4-16-25-22(10-1)13-7-19-28(25)31(29-20-8-14-23-11-2-5-17-26(23)29)30-21-9-15-24-12-3-6-18-27(24)30;1-2-3-4-5;2*2-1(3)4/h1-21H;2-5H2,1H3;2*2-4H. The molecule has 0 aromatic heterocycles. The molecule has 0 amide bonds. The Labute approximate surface area is 263 Å². The number of benzene rings is 6. The highest BCUT2D eigenvalue weighted by molar-refractivity contribution is 7.81. The maximum absolute atomic E-state index is 7.17. The van der Waals surface area contributed by atoms with Gasteiger partial charge in [0.05, 0.1) is 0 Å². The molecule has 0 heterocycles. The first kappa shape index (κ1) is 35.3. The van der Waals surface area contributed by atoms with Crippen molar-refractivity contribution in [3.05, 3.63) is 127 Å². The summed E-state index contributed by atoms with van der Waals surface area (Å²) < 4.78 is 0. The van der Waals surface area contributed by atoms with Crippen LogP contribution in [0.1, 0.15) is 19.8 Å². The molecule has 10 heteroatoms. The molecule has 0 fully saturated rings. The van der Waals surface area contributed by atoms with Gasteiger partial charge >= 0.3 is 14.6 Å². The Bertz CT molecular complexity index is 1520. The van der Waals surface area contributed by atoms with Crippen LogP contribution < -0.4 is 15.9 Å². The van der Waals surface area contributed by atoms with E-state index in [1.807, 2.05) is 0 Å². The average molecular weight is 626 g/mol. The smallest absolute Gasteiger partial charge is 0.402 e. The Kier molecular flexibility index (Phi) is 14.9. The first-order valence-corrected chi connectivity index (χ1v) is 16.5. The summed E-state index contributed by atoms with van der Waals surface area (Å²) in [5, 5.41) is 55.2. The van der Waals surface area contributed by atoms with Crippen LogP contribution in [0, 0.1) is 0 Å². The van der Waals surface area contributed by atoms with Crippen LogP contribution in [0.4, 0.5) is 0 Å². The van der Waals surface area contributed by atoms with Crippen LogP contribution in [0.15, 0.2) is 127 Å². The summed E-state index contributed by atoms with van der Waals surface area (Å²) in [4.78, 5) is 0. The van der Waals surface area contributed by atoms with Crippen molar-refractivity contribution < 1.29 is 30.1 Å². The highest BCUT2D eigenvalue weighted by Gasteiger charge is 2.22. The lowest BCUT2D eigenvalue weighted by molar-refractivity contribution is 0.276. The average Bonchev–Trinajstić information content (AvgIpc) is 3.02. The Morgan fingerprint density at radius 1 is 0.477 bits per heavy atom. The minimum absolute atomic E-state index is 0.745. The maximum atomic E-state index is 7.17. The Morgan fingerprint density at radius 3 is 1.00 bits per heavy atom. The molecular formula is C34H38B2O6P2. The summed E-state index contributed by atoms with van der Waals surface area (Å²) in [5.41, 5.74) is 0. The zero-order valence-electron chi connectivity index (χ0n) is 24.6.